The van der Waals surface area contributed by atoms with Gasteiger partial charge in [0.2, 0.25) is 0 Å². The summed E-state index contributed by atoms with van der Waals surface area (Å²) in [5.41, 5.74) is 1.57. The van der Waals surface area contributed by atoms with Crippen LogP contribution in [0.1, 0.15) is 5.76 Å². The van der Waals surface area contributed by atoms with E-state index in [0.717, 1.165) is 16.3 Å². The van der Waals surface area contributed by atoms with Crippen LogP contribution in [-0.2, 0) is 0 Å². The van der Waals surface area contributed by atoms with Crippen LogP contribution in [0.2, 0.25) is 0 Å². The Kier molecular flexibility index (Phi) is 2.41. The van der Waals surface area contributed by atoms with Gasteiger partial charge in [0, 0.05) is 5.56 Å². The number of nitrogens with one attached hydrogen (secondary N) is 1. The van der Waals surface area contributed by atoms with Crippen LogP contribution < -0.4 is 5.56 Å². The molecule has 5 nitrogen and oxygen atoms in total. The van der Waals surface area contributed by atoms with E-state index in [1.54, 1.807) is 6.92 Å². The molecule has 0 saturated carbocycles. The molecule has 4 rings (SSSR count). The van der Waals surface area contributed by atoms with E-state index in [2.05, 4.69) is 15.4 Å². The standard InChI is InChI=1S/C16H11N3O2/c1-9-13-14(17-18-16(20)15(13)19-21-9)12-8-4-6-10-5-2-3-7-11(10)12/h2-8H,1H3,(H,18,20). The summed E-state index contributed by atoms with van der Waals surface area (Å²) in [4.78, 5) is 11.8. The van der Waals surface area contributed by atoms with Crippen LogP contribution in [0.25, 0.3) is 32.9 Å². The minimum Gasteiger partial charge on any atom is -0.360 e. The number of aryl methyl sites for hydroxylation is 1. The fourth-order valence-electron chi connectivity index (χ4n) is 2.65. The molecule has 4 aromatic rings. The van der Waals surface area contributed by atoms with Gasteiger partial charge in [-0.1, -0.05) is 47.6 Å². The monoisotopic (exact) mass is 277 g/mol. The summed E-state index contributed by atoms with van der Waals surface area (Å²) in [5, 5.41) is 13.4. The number of hydrogen-bond donors (Lipinski definition) is 1. The van der Waals surface area contributed by atoms with Crippen molar-refractivity contribution in [2.75, 3.05) is 0 Å². The Morgan fingerprint density at radius 1 is 1.10 bits per heavy atom. The van der Waals surface area contributed by atoms with Crippen LogP contribution in [0.4, 0.5) is 0 Å². The van der Waals surface area contributed by atoms with Crippen molar-refractivity contribution in [2.45, 2.75) is 6.92 Å². The second kappa shape index (κ2) is 4.28. The average Bonchev–Trinajstić information content (AvgIpc) is 2.91. The van der Waals surface area contributed by atoms with E-state index in [-0.39, 0.29) is 11.1 Å². The van der Waals surface area contributed by atoms with E-state index in [1.807, 2.05) is 42.5 Å². The second-order valence-electron chi connectivity index (χ2n) is 4.89. The second-order valence-corrected chi connectivity index (χ2v) is 4.89. The van der Waals surface area contributed by atoms with Crippen molar-refractivity contribution in [3.05, 3.63) is 58.6 Å². The predicted octanol–water partition coefficient (Wildman–Crippen LogP) is 3.04. The molecule has 0 amide bonds. The Hall–Kier alpha value is -2.95. The summed E-state index contributed by atoms with van der Waals surface area (Å²) >= 11 is 0. The molecule has 0 radical (unpaired) electrons. The lowest BCUT2D eigenvalue weighted by atomic mass is 10.00. The first-order chi connectivity index (χ1) is 10.3. The first-order valence-corrected chi connectivity index (χ1v) is 6.58. The van der Waals surface area contributed by atoms with Gasteiger partial charge in [-0.3, -0.25) is 4.79 Å². The predicted molar refractivity (Wildman–Crippen MR) is 80.1 cm³/mol. The molecule has 2 aromatic heterocycles. The lowest BCUT2D eigenvalue weighted by Gasteiger charge is -2.06. The number of fused-ring (bicyclic) bond motifs is 2. The molecule has 2 aromatic carbocycles. The summed E-state index contributed by atoms with van der Waals surface area (Å²) in [6, 6.07) is 14.0. The van der Waals surface area contributed by atoms with Crippen LogP contribution >= 0.6 is 0 Å². The summed E-state index contributed by atoms with van der Waals surface area (Å²) < 4.78 is 5.16. The van der Waals surface area contributed by atoms with Gasteiger partial charge in [-0.25, -0.2) is 5.10 Å². The number of nitrogens with zero attached hydrogens (tertiary/aromatic N) is 2. The lowest BCUT2D eigenvalue weighted by Crippen LogP contribution is -2.09. The van der Waals surface area contributed by atoms with E-state index >= 15 is 0 Å². The van der Waals surface area contributed by atoms with Crippen molar-refractivity contribution in [1.29, 1.82) is 0 Å². The molecule has 0 bridgehead atoms. The third-order valence-electron chi connectivity index (χ3n) is 3.63. The number of rotatable bonds is 1. The molecule has 0 aliphatic carbocycles. The molecule has 5 heteroatoms. The zero-order valence-corrected chi connectivity index (χ0v) is 11.3. The molecule has 2 heterocycles. The van der Waals surface area contributed by atoms with Gasteiger partial charge in [0.25, 0.3) is 5.56 Å². The zero-order chi connectivity index (χ0) is 14.4. The summed E-state index contributed by atoms with van der Waals surface area (Å²) in [6.07, 6.45) is 0. The summed E-state index contributed by atoms with van der Waals surface area (Å²) in [6.45, 7) is 1.78. The van der Waals surface area contributed by atoms with Crippen LogP contribution in [0, 0.1) is 6.92 Å². The molecular formula is C16H11N3O2. The molecule has 1 N–H and O–H groups in total. The molecule has 21 heavy (non-hydrogen) atoms. The van der Waals surface area contributed by atoms with Crippen molar-refractivity contribution in [1.82, 2.24) is 15.4 Å². The summed E-state index contributed by atoms with van der Waals surface area (Å²) in [5.74, 6) is 0.589. The fourth-order valence-corrected chi connectivity index (χ4v) is 2.65. The fraction of sp³-hybridized carbons (Fsp3) is 0.0625. The van der Waals surface area contributed by atoms with Crippen molar-refractivity contribution in [2.24, 2.45) is 0 Å². The lowest BCUT2D eigenvalue weighted by molar-refractivity contribution is 0.405. The molecular weight excluding hydrogens is 266 g/mol. The molecule has 0 unspecified atom stereocenters. The highest BCUT2D eigenvalue weighted by atomic mass is 16.5. The number of aromatic nitrogens is 3. The SMILES string of the molecule is Cc1onc2c(=O)[nH]nc(-c3cccc4ccccc34)c12. The van der Waals surface area contributed by atoms with E-state index in [0.29, 0.717) is 16.8 Å². The van der Waals surface area contributed by atoms with Crippen molar-refractivity contribution in [3.63, 3.8) is 0 Å². The smallest absolute Gasteiger partial charge is 0.294 e. The van der Waals surface area contributed by atoms with Crippen molar-refractivity contribution >= 4 is 21.7 Å². The Morgan fingerprint density at radius 2 is 1.90 bits per heavy atom. The van der Waals surface area contributed by atoms with Gasteiger partial charge < -0.3 is 4.52 Å². The quantitative estimate of drug-likeness (QED) is 0.580. The topological polar surface area (TPSA) is 71.8 Å². The van der Waals surface area contributed by atoms with E-state index in [1.165, 1.54) is 0 Å². The number of hydrogen-bond acceptors (Lipinski definition) is 4. The maximum Gasteiger partial charge on any atom is 0.294 e. The van der Waals surface area contributed by atoms with Crippen LogP contribution in [0.15, 0.2) is 51.8 Å². The van der Waals surface area contributed by atoms with Crippen LogP contribution in [0.5, 0.6) is 0 Å². The Bertz CT molecular complexity index is 1030. The summed E-state index contributed by atoms with van der Waals surface area (Å²) in [7, 11) is 0. The maximum absolute atomic E-state index is 11.8. The average molecular weight is 277 g/mol. The Balaban J connectivity index is 2.17. The Labute approximate surface area is 119 Å². The van der Waals surface area contributed by atoms with E-state index in [4.69, 9.17) is 4.52 Å². The van der Waals surface area contributed by atoms with Gasteiger partial charge in [-0.05, 0) is 17.7 Å². The van der Waals surface area contributed by atoms with Crippen molar-refractivity contribution < 1.29 is 4.52 Å². The minimum atomic E-state index is -0.342. The van der Waals surface area contributed by atoms with Crippen molar-refractivity contribution in [3.8, 4) is 11.3 Å². The largest absolute Gasteiger partial charge is 0.360 e. The third kappa shape index (κ3) is 1.67. The van der Waals surface area contributed by atoms with Crippen LogP contribution in [0.3, 0.4) is 0 Å². The van der Waals surface area contributed by atoms with Gasteiger partial charge in [-0.15, -0.1) is 0 Å². The molecule has 0 aliphatic heterocycles. The minimum absolute atomic E-state index is 0.283. The normalized spacial score (nSPS) is 11.3. The number of H-pyrrole nitrogens is 1. The van der Waals surface area contributed by atoms with Gasteiger partial charge in [0.15, 0.2) is 5.52 Å². The van der Waals surface area contributed by atoms with Gasteiger partial charge in [0.05, 0.1) is 5.39 Å². The molecule has 0 aliphatic rings. The zero-order valence-electron chi connectivity index (χ0n) is 11.3. The highest BCUT2D eigenvalue weighted by Gasteiger charge is 2.17. The molecule has 0 saturated heterocycles. The highest BCUT2D eigenvalue weighted by Crippen LogP contribution is 2.32. The molecule has 0 fully saturated rings. The first kappa shape index (κ1) is 11.8. The van der Waals surface area contributed by atoms with E-state index in [9.17, 15) is 4.79 Å². The highest BCUT2D eigenvalue weighted by molar-refractivity contribution is 6.03. The van der Waals surface area contributed by atoms with Crippen LogP contribution in [-0.4, -0.2) is 15.4 Å². The molecule has 102 valence electrons. The molecule has 0 spiro atoms. The number of benzene rings is 2. The number of aromatic amines is 1. The van der Waals surface area contributed by atoms with E-state index < -0.39 is 0 Å². The van der Waals surface area contributed by atoms with Gasteiger partial charge in [0.1, 0.15) is 11.5 Å². The van der Waals surface area contributed by atoms with Gasteiger partial charge >= 0.3 is 0 Å². The van der Waals surface area contributed by atoms with Gasteiger partial charge in [-0.2, -0.15) is 5.10 Å². The maximum atomic E-state index is 11.8. The third-order valence-corrected chi connectivity index (χ3v) is 3.63. The Morgan fingerprint density at radius 3 is 2.81 bits per heavy atom. The first-order valence-electron chi connectivity index (χ1n) is 6.58. The molecule has 0 atom stereocenters.